The second-order valence-electron chi connectivity index (χ2n) is 7.61. The van der Waals surface area contributed by atoms with Crippen LogP contribution in [0.25, 0.3) is 0 Å². The second-order valence-corrected chi connectivity index (χ2v) is 8.04. The Balaban J connectivity index is 1.32. The van der Waals surface area contributed by atoms with Crippen molar-refractivity contribution in [3.8, 4) is 5.75 Å². The Kier molecular flexibility index (Phi) is 6.58. The van der Waals surface area contributed by atoms with Gasteiger partial charge in [-0.2, -0.15) is 10.2 Å². The van der Waals surface area contributed by atoms with Crippen LogP contribution >= 0.6 is 11.6 Å². The third kappa shape index (κ3) is 5.08. The largest absolute Gasteiger partial charge is 0.471 e. The predicted octanol–water partition coefficient (Wildman–Crippen LogP) is 3.06. The van der Waals surface area contributed by atoms with Crippen LogP contribution in [0.3, 0.4) is 0 Å². The highest BCUT2D eigenvalue weighted by atomic mass is 35.5. The number of hydrogen-bond acceptors (Lipinski definition) is 5. The molecule has 1 aliphatic heterocycles. The molecule has 0 spiro atoms. The van der Waals surface area contributed by atoms with E-state index >= 15 is 0 Å². The minimum atomic E-state index is -0.0214. The lowest BCUT2D eigenvalue weighted by molar-refractivity contribution is 0.0607. The molecule has 3 heterocycles. The van der Waals surface area contributed by atoms with Gasteiger partial charge < -0.3 is 9.64 Å². The van der Waals surface area contributed by atoms with Gasteiger partial charge in [-0.25, -0.2) is 4.68 Å². The van der Waals surface area contributed by atoms with Crippen LogP contribution in [0.15, 0.2) is 42.7 Å². The maximum atomic E-state index is 13.1. The van der Waals surface area contributed by atoms with Gasteiger partial charge in [0.25, 0.3) is 5.91 Å². The number of aromatic nitrogens is 4. The van der Waals surface area contributed by atoms with Crippen molar-refractivity contribution >= 4 is 17.5 Å². The molecule has 4 rings (SSSR count). The van der Waals surface area contributed by atoms with Crippen LogP contribution in [0.2, 0.25) is 5.02 Å². The van der Waals surface area contributed by atoms with Crippen molar-refractivity contribution in [2.45, 2.75) is 33.7 Å². The Bertz CT molecular complexity index is 1020. The summed E-state index contributed by atoms with van der Waals surface area (Å²) in [6, 6.07) is 8.85. The number of piperazine rings is 1. The third-order valence-corrected chi connectivity index (χ3v) is 5.78. The van der Waals surface area contributed by atoms with Crippen molar-refractivity contribution in [1.29, 1.82) is 0 Å². The molecule has 1 aliphatic rings. The number of halogens is 1. The zero-order valence-electron chi connectivity index (χ0n) is 17.9. The summed E-state index contributed by atoms with van der Waals surface area (Å²) in [7, 11) is 0. The van der Waals surface area contributed by atoms with E-state index in [1.54, 1.807) is 41.2 Å². The van der Waals surface area contributed by atoms with Crippen LogP contribution in [0.1, 0.15) is 28.7 Å². The van der Waals surface area contributed by atoms with Gasteiger partial charge in [-0.3, -0.25) is 14.4 Å². The normalized spacial score (nSPS) is 14.7. The summed E-state index contributed by atoms with van der Waals surface area (Å²) in [6.45, 7) is 9.07. The highest BCUT2D eigenvalue weighted by molar-refractivity contribution is 6.30. The molecule has 8 nitrogen and oxygen atoms in total. The van der Waals surface area contributed by atoms with Gasteiger partial charge in [0.1, 0.15) is 11.4 Å². The van der Waals surface area contributed by atoms with Crippen LogP contribution in [0.5, 0.6) is 5.75 Å². The molecular weight excluding hydrogens is 416 g/mol. The zero-order chi connectivity index (χ0) is 21.8. The summed E-state index contributed by atoms with van der Waals surface area (Å²) < 4.78 is 9.30. The standard InChI is InChI=1S/C22H27ClN6O2/c1-3-28-15-18(17(2)25-28)14-26-10-12-27(13-11-26)22(30)21-8-9-24-29(21)16-31-20-6-4-19(23)5-7-20/h4-9,15H,3,10-14,16H2,1-2H3. The van der Waals surface area contributed by atoms with E-state index in [4.69, 9.17) is 16.3 Å². The van der Waals surface area contributed by atoms with Crippen molar-refractivity contribution in [1.82, 2.24) is 29.4 Å². The number of benzene rings is 1. The van der Waals surface area contributed by atoms with E-state index in [9.17, 15) is 4.79 Å². The summed E-state index contributed by atoms with van der Waals surface area (Å²) >= 11 is 5.90. The molecule has 31 heavy (non-hydrogen) atoms. The maximum absolute atomic E-state index is 13.1. The van der Waals surface area contributed by atoms with Crippen LogP contribution in [-0.2, 0) is 19.8 Å². The van der Waals surface area contributed by atoms with Gasteiger partial charge in [-0.05, 0) is 44.2 Å². The van der Waals surface area contributed by atoms with E-state index < -0.39 is 0 Å². The average Bonchev–Trinajstić information content (AvgIpc) is 3.40. The molecule has 0 aliphatic carbocycles. The highest BCUT2D eigenvalue weighted by Gasteiger charge is 2.25. The molecule has 9 heteroatoms. The first kappa shape index (κ1) is 21.4. The number of aryl methyl sites for hydroxylation is 2. The maximum Gasteiger partial charge on any atom is 0.272 e. The number of nitrogens with zero attached hydrogens (tertiary/aromatic N) is 6. The Morgan fingerprint density at radius 3 is 2.55 bits per heavy atom. The van der Waals surface area contributed by atoms with E-state index in [1.807, 2.05) is 9.58 Å². The van der Waals surface area contributed by atoms with Crippen molar-refractivity contribution in [3.05, 3.63) is 64.7 Å². The molecule has 3 aromatic rings. The highest BCUT2D eigenvalue weighted by Crippen LogP contribution is 2.17. The van der Waals surface area contributed by atoms with E-state index in [0.717, 1.165) is 31.9 Å². The molecule has 0 unspecified atom stereocenters. The number of carbonyl (C=O) groups excluding carboxylic acids is 1. The number of carbonyl (C=O) groups is 1. The van der Waals surface area contributed by atoms with Gasteiger partial charge >= 0.3 is 0 Å². The minimum Gasteiger partial charge on any atom is -0.471 e. The summed E-state index contributed by atoms with van der Waals surface area (Å²) in [4.78, 5) is 17.3. The molecule has 0 N–H and O–H groups in total. The molecule has 1 amide bonds. The van der Waals surface area contributed by atoms with Crippen LogP contribution in [0, 0.1) is 6.92 Å². The molecule has 0 atom stereocenters. The van der Waals surface area contributed by atoms with Crippen molar-refractivity contribution in [3.63, 3.8) is 0 Å². The summed E-state index contributed by atoms with van der Waals surface area (Å²) in [5.74, 6) is 0.653. The van der Waals surface area contributed by atoms with Crippen LogP contribution < -0.4 is 4.74 Å². The van der Waals surface area contributed by atoms with Gasteiger partial charge in [0, 0.05) is 62.2 Å². The first-order chi connectivity index (χ1) is 15.0. The zero-order valence-corrected chi connectivity index (χ0v) is 18.6. The summed E-state index contributed by atoms with van der Waals surface area (Å²) in [6.07, 6.45) is 3.75. The molecular formula is C22H27ClN6O2. The van der Waals surface area contributed by atoms with Gasteiger partial charge in [-0.15, -0.1) is 0 Å². The molecule has 1 aromatic carbocycles. The van der Waals surface area contributed by atoms with Gasteiger partial charge in [0.05, 0.1) is 5.69 Å². The third-order valence-electron chi connectivity index (χ3n) is 5.53. The van der Waals surface area contributed by atoms with E-state index in [-0.39, 0.29) is 12.6 Å². The first-order valence-electron chi connectivity index (χ1n) is 10.5. The Morgan fingerprint density at radius 1 is 1.13 bits per heavy atom. The quantitative estimate of drug-likeness (QED) is 0.562. The average molecular weight is 443 g/mol. The first-order valence-corrected chi connectivity index (χ1v) is 10.9. The van der Waals surface area contributed by atoms with Gasteiger partial charge in [0.15, 0.2) is 6.73 Å². The molecule has 0 saturated carbocycles. The Labute approximate surface area is 187 Å². The molecule has 2 aromatic heterocycles. The van der Waals surface area contributed by atoms with E-state index in [2.05, 4.69) is 35.1 Å². The van der Waals surface area contributed by atoms with Crippen LogP contribution in [0.4, 0.5) is 0 Å². The Morgan fingerprint density at radius 2 is 1.87 bits per heavy atom. The second kappa shape index (κ2) is 9.53. The van der Waals surface area contributed by atoms with Crippen molar-refractivity contribution < 1.29 is 9.53 Å². The number of rotatable bonds is 7. The number of amides is 1. The lowest BCUT2D eigenvalue weighted by Gasteiger charge is -2.34. The molecule has 1 saturated heterocycles. The summed E-state index contributed by atoms with van der Waals surface area (Å²) in [5.41, 5.74) is 2.85. The van der Waals surface area contributed by atoms with E-state index in [0.29, 0.717) is 29.6 Å². The number of hydrogen-bond donors (Lipinski definition) is 0. The Hall–Kier alpha value is -2.84. The monoisotopic (exact) mass is 442 g/mol. The summed E-state index contributed by atoms with van der Waals surface area (Å²) in [5, 5.41) is 9.43. The predicted molar refractivity (Wildman–Crippen MR) is 118 cm³/mol. The lowest BCUT2D eigenvalue weighted by atomic mass is 10.2. The fourth-order valence-electron chi connectivity index (χ4n) is 3.67. The molecule has 0 bridgehead atoms. The smallest absolute Gasteiger partial charge is 0.272 e. The van der Waals surface area contributed by atoms with E-state index in [1.165, 1.54) is 5.56 Å². The van der Waals surface area contributed by atoms with Gasteiger partial charge in [0.2, 0.25) is 0 Å². The fourth-order valence-corrected chi connectivity index (χ4v) is 3.80. The molecule has 0 radical (unpaired) electrons. The van der Waals surface area contributed by atoms with Crippen LogP contribution in [-0.4, -0.2) is 61.4 Å². The molecule has 164 valence electrons. The lowest BCUT2D eigenvalue weighted by Crippen LogP contribution is -2.48. The van der Waals surface area contributed by atoms with Crippen molar-refractivity contribution in [2.24, 2.45) is 0 Å². The SMILES string of the molecule is CCn1cc(CN2CCN(C(=O)c3ccnn3COc3ccc(Cl)cc3)CC2)c(C)n1. The topological polar surface area (TPSA) is 68.4 Å². The van der Waals surface area contributed by atoms with Crippen molar-refractivity contribution in [2.75, 3.05) is 26.2 Å². The molecule has 1 fully saturated rings. The number of ether oxygens (including phenoxy) is 1. The van der Waals surface area contributed by atoms with Gasteiger partial charge in [-0.1, -0.05) is 11.6 Å². The fraction of sp³-hybridized carbons (Fsp3) is 0.409. The minimum absolute atomic E-state index is 0.0214.